The average Bonchev–Trinajstić information content (AvgIpc) is 2.30. The molecule has 0 aromatic heterocycles. The largest absolute Gasteiger partial charge is 0.389 e. The number of likely N-dealkylation sites (tertiary alicyclic amines) is 1. The van der Waals surface area contributed by atoms with Crippen LogP contribution in [0.3, 0.4) is 0 Å². The summed E-state index contributed by atoms with van der Waals surface area (Å²) in [5.41, 5.74) is 5.79. The second kappa shape index (κ2) is 7.60. The van der Waals surface area contributed by atoms with Crippen LogP contribution in [0.1, 0.15) is 12.8 Å². The summed E-state index contributed by atoms with van der Waals surface area (Å²) in [6, 6.07) is 0.276. The molecule has 1 aliphatic heterocycles. The second-order valence-corrected chi connectivity index (χ2v) is 4.53. The molecule has 6 heteroatoms. The van der Waals surface area contributed by atoms with Gasteiger partial charge in [0.15, 0.2) is 0 Å². The highest BCUT2D eigenvalue weighted by Gasteiger charge is 2.18. The first-order valence-corrected chi connectivity index (χ1v) is 6.03. The average molecular weight is 245 g/mol. The fourth-order valence-corrected chi connectivity index (χ4v) is 1.85. The molecule has 0 saturated carbocycles. The number of ether oxygens (including phenoxy) is 1. The van der Waals surface area contributed by atoms with E-state index in [-0.39, 0.29) is 25.1 Å². The second-order valence-electron chi connectivity index (χ2n) is 4.53. The number of nitrogens with one attached hydrogen (secondary N) is 1. The monoisotopic (exact) mass is 245 g/mol. The van der Waals surface area contributed by atoms with Crippen molar-refractivity contribution in [2.75, 3.05) is 39.9 Å². The number of nitrogens with two attached hydrogens (primary N) is 1. The number of aliphatic hydroxyl groups excluding tert-OH is 1. The molecule has 6 nitrogen and oxygen atoms in total. The van der Waals surface area contributed by atoms with Crippen LogP contribution in [-0.4, -0.2) is 68.0 Å². The minimum absolute atomic E-state index is 0.0596. The number of rotatable bonds is 6. The van der Waals surface area contributed by atoms with Crippen LogP contribution in [0.5, 0.6) is 0 Å². The van der Waals surface area contributed by atoms with E-state index in [1.54, 1.807) is 0 Å². The zero-order valence-corrected chi connectivity index (χ0v) is 10.4. The van der Waals surface area contributed by atoms with Crippen LogP contribution in [0, 0.1) is 0 Å². The van der Waals surface area contributed by atoms with Crippen molar-refractivity contribution in [3.63, 3.8) is 0 Å². The van der Waals surface area contributed by atoms with Gasteiger partial charge in [0, 0.05) is 32.8 Å². The Morgan fingerprint density at radius 3 is 2.82 bits per heavy atom. The topological polar surface area (TPSA) is 87.8 Å². The molecular formula is C11H23N3O3. The molecule has 0 radical (unpaired) electrons. The summed E-state index contributed by atoms with van der Waals surface area (Å²) in [6.07, 6.45) is 1.25. The fourth-order valence-electron chi connectivity index (χ4n) is 1.85. The Bertz CT molecular complexity index is 230. The molecule has 0 spiro atoms. The molecule has 1 atom stereocenters. The number of aliphatic hydroxyl groups is 1. The summed E-state index contributed by atoms with van der Waals surface area (Å²) in [4.78, 5) is 13.7. The maximum absolute atomic E-state index is 11.6. The molecule has 1 saturated heterocycles. The van der Waals surface area contributed by atoms with Crippen LogP contribution in [0.2, 0.25) is 0 Å². The highest BCUT2D eigenvalue weighted by molar-refractivity contribution is 5.78. The van der Waals surface area contributed by atoms with E-state index in [1.807, 2.05) is 0 Å². The van der Waals surface area contributed by atoms with Crippen molar-refractivity contribution in [2.45, 2.75) is 25.0 Å². The van der Waals surface area contributed by atoms with E-state index in [2.05, 4.69) is 10.2 Å². The number of piperidine rings is 1. The van der Waals surface area contributed by atoms with E-state index in [1.165, 1.54) is 7.11 Å². The van der Waals surface area contributed by atoms with Crippen molar-refractivity contribution < 1.29 is 14.6 Å². The molecule has 0 aromatic rings. The van der Waals surface area contributed by atoms with Crippen molar-refractivity contribution in [2.24, 2.45) is 5.73 Å². The van der Waals surface area contributed by atoms with E-state index in [9.17, 15) is 9.90 Å². The van der Waals surface area contributed by atoms with E-state index in [4.69, 9.17) is 10.5 Å². The SMILES string of the molecule is COCC(O)CNC(=O)CN1CCC(N)CC1. The number of methoxy groups -OCH3 is 1. The number of carbonyl (C=O) groups is 1. The Morgan fingerprint density at radius 1 is 1.59 bits per heavy atom. The predicted octanol–water partition coefficient (Wildman–Crippen LogP) is -1.47. The number of carbonyl (C=O) groups excluding carboxylic acids is 1. The van der Waals surface area contributed by atoms with Gasteiger partial charge in [0.2, 0.25) is 5.91 Å². The molecule has 1 fully saturated rings. The Balaban J connectivity index is 2.12. The summed E-state index contributed by atoms with van der Waals surface area (Å²) >= 11 is 0. The smallest absolute Gasteiger partial charge is 0.234 e. The minimum atomic E-state index is -0.640. The fraction of sp³-hybridized carbons (Fsp3) is 0.909. The van der Waals surface area contributed by atoms with Crippen LogP contribution in [0.25, 0.3) is 0 Å². The standard InChI is InChI=1S/C11H23N3O3/c1-17-8-10(15)6-13-11(16)7-14-4-2-9(12)3-5-14/h9-10,15H,2-8,12H2,1H3,(H,13,16). The van der Waals surface area contributed by atoms with Crippen LogP contribution < -0.4 is 11.1 Å². The number of amides is 1. The third-order valence-electron chi connectivity index (χ3n) is 2.89. The van der Waals surface area contributed by atoms with Crippen LogP contribution in [0.15, 0.2) is 0 Å². The van der Waals surface area contributed by atoms with E-state index >= 15 is 0 Å². The summed E-state index contributed by atoms with van der Waals surface area (Å²) in [6.45, 7) is 2.59. The number of hydrogen-bond donors (Lipinski definition) is 3. The van der Waals surface area contributed by atoms with Crippen LogP contribution in [0.4, 0.5) is 0 Å². The van der Waals surface area contributed by atoms with Gasteiger partial charge in [0.1, 0.15) is 0 Å². The lowest BCUT2D eigenvalue weighted by molar-refractivity contribution is -0.123. The highest BCUT2D eigenvalue weighted by Crippen LogP contribution is 2.07. The Hall–Kier alpha value is -0.690. The van der Waals surface area contributed by atoms with E-state index < -0.39 is 6.10 Å². The molecule has 17 heavy (non-hydrogen) atoms. The molecule has 100 valence electrons. The van der Waals surface area contributed by atoms with Crippen molar-refractivity contribution in [3.8, 4) is 0 Å². The summed E-state index contributed by atoms with van der Waals surface area (Å²) in [5, 5.41) is 12.1. The van der Waals surface area contributed by atoms with Crippen molar-refractivity contribution >= 4 is 5.91 Å². The molecule has 0 aliphatic carbocycles. The molecule has 1 unspecified atom stereocenters. The van der Waals surface area contributed by atoms with Gasteiger partial charge in [-0.05, 0) is 12.8 Å². The molecule has 4 N–H and O–H groups in total. The van der Waals surface area contributed by atoms with Gasteiger partial charge in [-0.1, -0.05) is 0 Å². The normalized spacial score (nSPS) is 20.2. The van der Waals surface area contributed by atoms with Gasteiger partial charge in [-0.2, -0.15) is 0 Å². The van der Waals surface area contributed by atoms with E-state index in [0.717, 1.165) is 25.9 Å². The van der Waals surface area contributed by atoms with Crippen molar-refractivity contribution in [1.82, 2.24) is 10.2 Å². The zero-order chi connectivity index (χ0) is 12.7. The Morgan fingerprint density at radius 2 is 2.24 bits per heavy atom. The number of hydrogen-bond acceptors (Lipinski definition) is 5. The Labute approximate surface area is 102 Å². The van der Waals surface area contributed by atoms with Gasteiger partial charge in [-0.25, -0.2) is 0 Å². The van der Waals surface area contributed by atoms with Gasteiger partial charge in [-0.3, -0.25) is 9.69 Å². The lowest BCUT2D eigenvalue weighted by Gasteiger charge is -2.29. The number of nitrogens with zero attached hydrogens (tertiary/aromatic N) is 1. The molecule has 1 rings (SSSR count). The predicted molar refractivity (Wildman–Crippen MR) is 64.5 cm³/mol. The first kappa shape index (κ1) is 14.4. The van der Waals surface area contributed by atoms with Crippen molar-refractivity contribution in [1.29, 1.82) is 0 Å². The lowest BCUT2D eigenvalue weighted by Crippen LogP contribution is -2.45. The molecular weight excluding hydrogens is 222 g/mol. The summed E-state index contributed by atoms with van der Waals surface area (Å²) < 4.78 is 4.77. The quantitative estimate of drug-likeness (QED) is 0.532. The van der Waals surface area contributed by atoms with Crippen molar-refractivity contribution in [3.05, 3.63) is 0 Å². The third kappa shape index (κ3) is 5.97. The Kier molecular flexibility index (Phi) is 6.43. The highest BCUT2D eigenvalue weighted by atomic mass is 16.5. The van der Waals surface area contributed by atoms with Crippen LogP contribution >= 0.6 is 0 Å². The van der Waals surface area contributed by atoms with Gasteiger partial charge in [0.05, 0.1) is 19.3 Å². The summed E-state index contributed by atoms with van der Waals surface area (Å²) in [5.74, 6) is -0.0596. The molecule has 0 aromatic carbocycles. The van der Waals surface area contributed by atoms with E-state index in [0.29, 0.717) is 6.54 Å². The third-order valence-corrected chi connectivity index (χ3v) is 2.89. The minimum Gasteiger partial charge on any atom is -0.389 e. The van der Waals surface area contributed by atoms with Gasteiger partial charge in [-0.15, -0.1) is 0 Å². The lowest BCUT2D eigenvalue weighted by atomic mass is 10.1. The maximum Gasteiger partial charge on any atom is 0.234 e. The molecule has 1 aliphatic rings. The maximum atomic E-state index is 11.6. The van der Waals surface area contributed by atoms with Gasteiger partial charge >= 0.3 is 0 Å². The van der Waals surface area contributed by atoms with Gasteiger partial charge in [0.25, 0.3) is 0 Å². The first-order valence-electron chi connectivity index (χ1n) is 6.03. The molecule has 1 amide bonds. The molecule has 0 bridgehead atoms. The molecule has 1 heterocycles. The van der Waals surface area contributed by atoms with Crippen LogP contribution in [-0.2, 0) is 9.53 Å². The van der Waals surface area contributed by atoms with Gasteiger partial charge < -0.3 is 20.9 Å². The first-order chi connectivity index (χ1) is 8.11. The summed E-state index contributed by atoms with van der Waals surface area (Å²) in [7, 11) is 1.52. The zero-order valence-electron chi connectivity index (χ0n) is 10.4.